The number of ether oxygens (including phenoxy) is 1. The van der Waals surface area contributed by atoms with E-state index in [4.69, 9.17) is 4.74 Å². The molecule has 1 saturated heterocycles. The van der Waals surface area contributed by atoms with E-state index in [9.17, 15) is 4.79 Å². The van der Waals surface area contributed by atoms with Crippen LogP contribution < -0.4 is 20.3 Å². The summed E-state index contributed by atoms with van der Waals surface area (Å²) in [5, 5.41) is 14.7. The van der Waals surface area contributed by atoms with Gasteiger partial charge in [-0.3, -0.25) is 0 Å². The van der Waals surface area contributed by atoms with Gasteiger partial charge in [-0.1, -0.05) is 0 Å². The lowest BCUT2D eigenvalue weighted by molar-refractivity contribution is 0.208. The summed E-state index contributed by atoms with van der Waals surface area (Å²) in [6.07, 6.45) is 1.75. The molecule has 0 atom stereocenters. The first-order valence-corrected chi connectivity index (χ1v) is 10.7. The Morgan fingerprint density at radius 2 is 1.78 bits per heavy atom. The van der Waals surface area contributed by atoms with Crippen molar-refractivity contribution in [3.05, 3.63) is 60.3 Å². The summed E-state index contributed by atoms with van der Waals surface area (Å²) >= 11 is 0. The first-order chi connectivity index (χ1) is 15.6. The van der Waals surface area contributed by atoms with Crippen molar-refractivity contribution < 1.29 is 9.53 Å². The number of rotatable bonds is 6. The maximum Gasteiger partial charge on any atom is 0.321 e. The number of carbonyl (C=O) groups excluding carboxylic acids is 1. The van der Waals surface area contributed by atoms with Crippen LogP contribution in [0, 0.1) is 6.92 Å². The Morgan fingerprint density at radius 1 is 1.00 bits per heavy atom. The molecule has 0 radical (unpaired) electrons. The van der Waals surface area contributed by atoms with E-state index < -0.39 is 0 Å². The lowest BCUT2D eigenvalue weighted by Gasteiger charge is -2.35. The van der Waals surface area contributed by atoms with Gasteiger partial charge in [-0.05, 0) is 67.9 Å². The fourth-order valence-corrected chi connectivity index (χ4v) is 3.44. The summed E-state index contributed by atoms with van der Waals surface area (Å²) in [6.45, 7) is 7.17. The van der Waals surface area contributed by atoms with Crippen LogP contribution in [-0.2, 0) is 0 Å². The minimum absolute atomic E-state index is 0.106. The molecular weight excluding hydrogens is 406 g/mol. The van der Waals surface area contributed by atoms with Crippen LogP contribution in [0.4, 0.5) is 27.9 Å². The number of aromatic nitrogens is 3. The second-order valence-corrected chi connectivity index (χ2v) is 7.48. The van der Waals surface area contributed by atoms with Crippen molar-refractivity contribution in [2.75, 3.05) is 48.3 Å². The lowest BCUT2D eigenvalue weighted by Crippen LogP contribution is -2.50. The van der Waals surface area contributed by atoms with Gasteiger partial charge in [0.05, 0.1) is 6.61 Å². The van der Waals surface area contributed by atoms with Gasteiger partial charge in [0, 0.05) is 38.1 Å². The highest BCUT2D eigenvalue weighted by molar-refractivity contribution is 5.89. The number of anilines is 4. The van der Waals surface area contributed by atoms with Crippen molar-refractivity contribution in [3.63, 3.8) is 0 Å². The van der Waals surface area contributed by atoms with E-state index in [0.29, 0.717) is 38.6 Å². The Labute approximate surface area is 187 Å². The van der Waals surface area contributed by atoms with E-state index in [1.54, 1.807) is 11.1 Å². The zero-order valence-corrected chi connectivity index (χ0v) is 18.3. The zero-order chi connectivity index (χ0) is 22.3. The molecule has 0 spiro atoms. The second-order valence-electron chi connectivity index (χ2n) is 7.48. The third-order valence-corrected chi connectivity index (χ3v) is 5.13. The highest BCUT2D eigenvalue weighted by Gasteiger charge is 2.22. The molecule has 3 aromatic rings. The van der Waals surface area contributed by atoms with Crippen LogP contribution in [0.2, 0.25) is 0 Å². The van der Waals surface area contributed by atoms with E-state index in [1.165, 1.54) is 0 Å². The lowest BCUT2D eigenvalue weighted by atomic mass is 10.3. The van der Waals surface area contributed by atoms with Crippen LogP contribution in [-0.4, -0.2) is 58.9 Å². The molecule has 1 fully saturated rings. The van der Waals surface area contributed by atoms with Crippen LogP contribution in [0.1, 0.15) is 12.5 Å². The van der Waals surface area contributed by atoms with E-state index in [-0.39, 0.29) is 6.03 Å². The standard InChI is InChI=1S/C23H27N7O2/c1-3-32-19-6-4-18(5-7-19)25-23(31)30-14-12-29(13-15-30)22-9-8-20(27-28-22)26-21-16-17(2)10-11-24-21/h4-11,16H,3,12-15H2,1-2H3,(H,25,31)(H,24,26,27). The maximum atomic E-state index is 12.6. The number of piperazine rings is 1. The topological polar surface area (TPSA) is 95.5 Å². The van der Waals surface area contributed by atoms with Gasteiger partial charge >= 0.3 is 6.03 Å². The molecule has 2 amide bonds. The van der Waals surface area contributed by atoms with Crippen LogP contribution >= 0.6 is 0 Å². The van der Waals surface area contributed by atoms with E-state index in [2.05, 4.69) is 30.7 Å². The minimum Gasteiger partial charge on any atom is -0.494 e. The van der Waals surface area contributed by atoms with Gasteiger partial charge in [0.15, 0.2) is 11.6 Å². The molecule has 1 aliphatic rings. The highest BCUT2D eigenvalue weighted by Crippen LogP contribution is 2.19. The molecule has 1 aromatic carbocycles. The Bertz CT molecular complexity index is 1030. The van der Waals surface area contributed by atoms with E-state index in [0.717, 1.165) is 28.6 Å². The van der Waals surface area contributed by atoms with Gasteiger partial charge < -0.3 is 25.2 Å². The molecule has 2 aromatic heterocycles. The Balaban J connectivity index is 1.28. The molecular formula is C23H27N7O2. The summed E-state index contributed by atoms with van der Waals surface area (Å²) in [6, 6.07) is 15.0. The van der Waals surface area contributed by atoms with Crippen molar-refractivity contribution >= 4 is 29.2 Å². The first kappa shape index (κ1) is 21.4. The Hall–Kier alpha value is -3.88. The first-order valence-electron chi connectivity index (χ1n) is 10.7. The number of nitrogens with one attached hydrogen (secondary N) is 2. The van der Waals surface area contributed by atoms with Crippen molar-refractivity contribution in [2.24, 2.45) is 0 Å². The number of carbonyl (C=O) groups is 1. The largest absolute Gasteiger partial charge is 0.494 e. The number of hydrogen-bond donors (Lipinski definition) is 2. The molecule has 3 heterocycles. The molecule has 9 nitrogen and oxygen atoms in total. The van der Waals surface area contributed by atoms with Crippen LogP contribution in [0.3, 0.4) is 0 Å². The minimum atomic E-state index is -0.106. The molecule has 166 valence electrons. The van der Waals surface area contributed by atoms with Gasteiger partial charge in [-0.2, -0.15) is 0 Å². The van der Waals surface area contributed by atoms with Crippen molar-refractivity contribution in [1.82, 2.24) is 20.1 Å². The van der Waals surface area contributed by atoms with Gasteiger partial charge in [0.1, 0.15) is 11.6 Å². The van der Waals surface area contributed by atoms with Gasteiger partial charge in [-0.25, -0.2) is 9.78 Å². The molecule has 0 saturated carbocycles. The number of benzene rings is 1. The normalized spacial score (nSPS) is 13.6. The number of hydrogen-bond acceptors (Lipinski definition) is 7. The monoisotopic (exact) mass is 433 g/mol. The predicted octanol–water partition coefficient (Wildman–Crippen LogP) is 3.68. The third-order valence-electron chi connectivity index (χ3n) is 5.13. The summed E-state index contributed by atoms with van der Waals surface area (Å²) < 4.78 is 5.43. The summed E-state index contributed by atoms with van der Waals surface area (Å²) in [5.74, 6) is 2.95. The van der Waals surface area contributed by atoms with Gasteiger partial charge in [0.25, 0.3) is 0 Å². The van der Waals surface area contributed by atoms with Crippen LogP contribution in [0.5, 0.6) is 5.75 Å². The number of amides is 2. The molecule has 0 bridgehead atoms. The van der Waals surface area contributed by atoms with Crippen molar-refractivity contribution in [3.8, 4) is 5.75 Å². The van der Waals surface area contributed by atoms with Crippen LogP contribution in [0.15, 0.2) is 54.7 Å². The summed E-state index contributed by atoms with van der Waals surface area (Å²) in [4.78, 5) is 20.8. The Morgan fingerprint density at radius 3 is 2.44 bits per heavy atom. The molecule has 0 unspecified atom stereocenters. The SMILES string of the molecule is CCOc1ccc(NC(=O)N2CCN(c3ccc(Nc4cc(C)ccn4)nn3)CC2)cc1. The molecule has 32 heavy (non-hydrogen) atoms. The van der Waals surface area contributed by atoms with Gasteiger partial charge in [-0.15, -0.1) is 10.2 Å². The van der Waals surface area contributed by atoms with Crippen molar-refractivity contribution in [2.45, 2.75) is 13.8 Å². The second kappa shape index (κ2) is 9.95. The van der Waals surface area contributed by atoms with Gasteiger partial charge in [0.2, 0.25) is 0 Å². The molecule has 1 aliphatic heterocycles. The highest BCUT2D eigenvalue weighted by atomic mass is 16.5. The summed E-state index contributed by atoms with van der Waals surface area (Å²) in [7, 11) is 0. The third kappa shape index (κ3) is 5.42. The average molecular weight is 434 g/mol. The zero-order valence-electron chi connectivity index (χ0n) is 18.3. The smallest absolute Gasteiger partial charge is 0.321 e. The molecule has 9 heteroatoms. The van der Waals surface area contributed by atoms with Crippen LogP contribution in [0.25, 0.3) is 0 Å². The maximum absolute atomic E-state index is 12.6. The fraction of sp³-hybridized carbons (Fsp3) is 0.304. The number of urea groups is 1. The quantitative estimate of drug-likeness (QED) is 0.612. The molecule has 0 aliphatic carbocycles. The number of pyridine rings is 1. The molecule has 2 N–H and O–H groups in total. The number of nitrogens with zero attached hydrogens (tertiary/aromatic N) is 5. The molecule has 4 rings (SSSR count). The summed E-state index contributed by atoms with van der Waals surface area (Å²) in [5.41, 5.74) is 1.87. The average Bonchev–Trinajstić information content (AvgIpc) is 2.81. The van der Waals surface area contributed by atoms with E-state index in [1.807, 2.05) is 62.4 Å². The predicted molar refractivity (Wildman–Crippen MR) is 125 cm³/mol. The van der Waals surface area contributed by atoms with E-state index >= 15 is 0 Å². The fourth-order valence-electron chi connectivity index (χ4n) is 3.44. The van der Waals surface area contributed by atoms with Crippen molar-refractivity contribution in [1.29, 1.82) is 0 Å². The number of aryl methyl sites for hydroxylation is 1. The Kier molecular flexibility index (Phi) is 6.64.